The fraction of sp³-hybridized carbons (Fsp3) is 0. The Morgan fingerprint density at radius 1 is 0.938 bits per heavy atom. The van der Waals surface area contributed by atoms with Crippen molar-refractivity contribution in [3.05, 3.63) is 48.7 Å². The van der Waals surface area contributed by atoms with Gasteiger partial charge in [-0.15, -0.1) is 0 Å². The van der Waals surface area contributed by atoms with Gasteiger partial charge in [0.2, 0.25) is 5.82 Å². The van der Waals surface area contributed by atoms with Crippen molar-refractivity contribution in [2.45, 2.75) is 0 Å². The van der Waals surface area contributed by atoms with Crippen LogP contribution in [-0.2, 0) is 0 Å². The molecule has 78 valence electrons. The van der Waals surface area contributed by atoms with Crippen LogP contribution in [0.1, 0.15) is 0 Å². The Balaban J connectivity index is 2.00. The molecule has 0 radical (unpaired) electrons. The predicted octanol–water partition coefficient (Wildman–Crippen LogP) is 3.00. The summed E-state index contributed by atoms with van der Waals surface area (Å²) in [6.45, 7) is 0. The van der Waals surface area contributed by atoms with Crippen molar-refractivity contribution in [2.24, 2.45) is 0 Å². The smallest absolute Gasteiger partial charge is 0.258 e. The summed E-state index contributed by atoms with van der Waals surface area (Å²) in [4.78, 5) is 4.25. The van der Waals surface area contributed by atoms with Crippen LogP contribution < -0.4 is 0 Å². The van der Waals surface area contributed by atoms with Crippen molar-refractivity contribution in [3.63, 3.8) is 0 Å². The molecule has 16 heavy (non-hydrogen) atoms. The van der Waals surface area contributed by atoms with Gasteiger partial charge in [0.25, 0.3) is 5.89 Å². The first kappa shape index (κ1) is 8.91. The Bertz CT molecular complexity index is 570. The lowest BCUT2D eigenvalue weighted by Crippen LogP contribution is -1.77. The molecule has 1 aromatic carbocycles. The van der Waals surface area contributed by atoms with E-state index in [-0.39, 0.29) is 0 Å². The summed E-state index contributed by atoms with van der Waals surface area (Å²) in [5, 5.41) is 3.86. The highest BCUT2D eigenvalue weighted by molar-refractivity contribution is 5.56. The Kier molecular flexibility index (Phi) is 2.04. The molecule has 3 aromatic rings. The quantitative estimate of drug-likeness (QED) is 0.655. The Morgan fingerprint density at radius 3 is 2.56 bits per heavy atom. The molecule has 0 unspecified atom stereocenters. The maximum absolute atomic E-state index is 5.18. The molecule has 0 atom stereocenters. The molecular weight excluding hydrogens is 204 g/mol. The summed E-state index contributed by atoms with van der Waals surface area (Å²) >= 11 is 0. The van der Waals surface area contributed by atoms with Gasteiger partial charge in [-0.1, -0.05) is 23.4 Å². The molecule has 0 amide bonds. The minimum Gasteiger partial charge on any atom is -0.461 e. The lowest BCUT2D eigenvalue weighted by Gasteiger charge is -1.90. The minimum absolute atomic E-state index is 0.462. The third-order valence-electron chi connectivity index (χ3n) is 2.19. The second kappa shape index (κ2) is 3.66. The highest BCUT2D eigenvalue weighted by atomic mass is 16.5. The molecule has 4 heteroatoms. The van der Waals surface area contributed by atoms with E-state index in [1.807, 2.05) is 30.3 Å². The van der Waals surface area contributed by atoms with Crippen LogP contribution in [0.25, 0.3) is 23.0 Å². The molecule has 0 aliphatic heterocycles. The van der Waals surface area contributed by atoms with Gasteiger partial charge in [-0.3, -0.25) is 0 Å². The largest absolute Gasteiger partial charge is 0.461 e. The molecule has 0 saturated carbocycles. The van der Waals surface area contributed by atoms with Gasteiger partial charge in [0.05, 0.1) is 6.26 Å². The minimum atomic E-state index is 0.462. The maximum Gasteiger partial charge on any atom is 0.258 e. The second-order valence-electron chi connectivity index (χ2n) is 3.27. The summed E-state index contributed by atoms with van der Waals surface area (Å²) < 4.78 is 10.3. The first-order valence-electron chi connectivity index (χ1n) is 4.86. The zero-order chi connectivity index (χ0) is 10.8. The summed E-state index contributed by atoms with van der Waals surface area (Å²) in [6.07, 6.45) is 1.58. The molecule has 0 aliphatic carbocycles. The average molecular weight is 212 g/mol. The lowest BCUT2D eigenvalue weighted by atomic mass is 10.2. The van der Waals surface area contributed by atoms with Gasteiger partial charge < -0.3 is 8.94 Å². The van der Waals surface area contributed by atoms with Gasteiger partial charge in [0, 0.05) is 5.56 Å². The molecule has 0 N–H and O–H groups in total. The third kappa shape index (κ3) is 1.50. The molecule has 0 fully saturated rings. The van der Waals surface area contributed by atoms with E-state index >= 15 is 0 Å². The van der Waals surface area contributed by atoms with Crippen molar-refractivity contribution in [2.75, 3.05) is 0 Å². The summed E-state index contributed by atoms with van der Waals surface area (Å²) in [5.74, 6) is 1.56. The van der Waals surface area contributed by atoms with Crippen molar-refractivity contribution in [1.29, 1.82) is 0 Å². The van der Waals surface area contributed by atoms with Crippen LogP contribution in [0.3, 0.4) is 0 Å². The van der Waals surface area contributed by atoms with E-state index in [4.69, 9.17) is 8.94 Å². The normalized spacial score (nSPS) is 10.5. The number of rotatable bonds is 2. The van der Waals surface area contributed by atoms with Crippen LogP contribution in [0.2, 0.25) is 0 Å². The third-order valence-corrected chi connectivity index (χ3v) is 2.19. The predicted molar refractivity (Wildman–Crippen MR) is 57.4 cm³/mol. The van der Waals surface area contributed by atoms with Gasteiger partial charge in [0.1, 0.15) is 0 Å². The van der Waals surface area contributed by atoms with E-state index in [2.05, 4.69) is 10.1 Å². The molecule has 2 heterocycles. The topological polar surface area (TPSA) is 52.1 Å². The van der Waals surface area contributed by atoms with E-state index in [1.165, 1.54) is 0 Å². The van der Waals surface area contributed by atoms with E-state index in [1.54, 1.807) is 18.4 Å². The standard InChI is InChI=1S/C12H8N2O2/c1-2-5-9(6-3-1)12-13-11(14-16-12)10-7-4-8-15-10/h1-8H. The van der Waals surface area contributed by atoms with E-state index in [0.29, 0.717) is 17.5 Å². The molecule has 0 bridgehead atoms. The number of hydrogen-bond donors (Lipinski definition) is 0. The maximum atomic E-state index is 5.18. The summed E-state index contributed by atoms with van der Waals surface area (Å²) in [7, 11) is 0. The number of nitrogens with zero attached hydrogens (tertiary/aromatic N) is 2. The highest BCUT2D eigenvalue weighted by Gasteiger charge is 2.11. The zero-order valence-corrected chi connectivity index (χ0v) is 8.33. The first-order chi connectivity index (χ1) is 7.93. The van der Waals surface area contributed by atoms with E-state index in [0.717, 1.165) is 5.56 Å². The van der Waals surface area contributed by atoms with E-state index < -0.39 is 0 Å². The van der Waals surface area contributed by atoms with Crippen molar-refractivity contribution in [3.8, 4) is 23.0 Å². The molecule has 0 saturated heterocycles. The Morgan fingerprint density at radius 2 is 1.81 bits per heavy atom. The second-order valence-corrected chi connectivity index (χ2v) is 3.27. The fourth-order valence-electron chi connectivity index (χ4n) is 1.43. The Labute approximate surface area is 91.5 Å². The molecule has 4 nitrogen and oxygen atoms in total. The molecule has 0 aliphatic rings. The number of aromatic nitrogens is 2. The van der Waals surface area contributed by atoms with E-state index in [9.17, 15) is 0 Å². The van der Waals surface area contributed by atoms with Crippen LogP contribution in [0.5, 0.6) is 0 Å². The van der Waals surface area contributed by atoms with Crippen LogP contribution in [-0.4, -0.2) is 10.1 Å². The van der Waals surface area contributed by atoms with Crippen LogP contribution >= 0.6 is 0 Å². The molecule has 0 spiro atoms. The first-order valence-corrected chi connectivity index (χ1v) is 4.86. The molecular formula is C12H8N2O2. The van der Waals surface area contributed by atoms with Gasteiger partial charge in [-0.25, -0.2) is 0 Å². The lowest BCUT2D eigenvalue weighted by molar-refractivity contribution is 0.429. The van der Waals surface area contributed by atoms with Crippen LogP contribution in [0, 0.1) is 0 Å². The SMILES string of the molecule is c1ccc(-c2nc(-c3ccco3)no2)cc1. The summed E-state index contributed by atoms with van der Waals surface area (Å²) in [5.41, 5.74) is 0.896. The number of furan rings is 1. The Hall–Kier alpha value is -2.36. The van der Waals surface area contributed by atoms with Crippen LogP contribution in [0.15, 0.2) is 57.7 Å². The number of hydrogen-bond acceptors (Lipinski definition) is 4. The summed E-state index contributed by atoms with van der Waals surface area (Å²) in [6, 6.07) is 13.2. The van der Waals surface area contributed by atoms with Gasteiger partial charge in [-0.2, -0.15) is 4.98 Å². The van der Waals surface area contributed by atoms with Gasteiger partial charge >= 0.3 is 0 Å². The zero-order valence-electron chi connectivity index (χ0n) is 8.33. The van der Waals surface area contributed by atoms with Crippen molar-refractivity contribution < 1.29 is 8.94 Å². The van der Waals surface area contributed by atoms with Crippen molar-refractivity contribution >= 4 is 0 Å². The monoisotopic (exact) mass is 212 g/mol. The number of benzene rings is 1. The van der Waals surface area contributed by atoms with Crippen LogP contribution in [0.4, 0.5) is 0 Å². The average Bonchev–Trinajstić information content (AvgIpc) is 3.01. The molecule has 2 aromatic heterocycles. The van der Waals surface area contributed by atoms with Gasteiger partial charge in [-0.05, 0) is 24.3 Å². The highest BCUT2D eigenvalue weighted by Crippen LogP contribution is 2.21. The van der Waals surface area contributed by atoms with Gasteiger partial charge in [0.15, 0.2) is 5.76 Å². The molecule has 3 rings (SSSR count). The fourth-order valence-corrected chi connectivity index (χ4v) is 1.43. The van der Waals surface area contributed by atoms with Crippen molar-refractivity contribution in [1.82, 2.24) is 10.1 Å².